The summed E-state index contributed by atoms with van der Waals surface area (Å²) < 4.78 is 4.17. The second kappa shape index (κ2) is 5.15. The Kier molecular flexibility index (Phi) is 2.95. The van der Waals surface area contributed by atoms with E-state index in [1.807, 2.05) is 23.0 Å². The van der Waals surface area contributed by atoms with Crippen LogP contribution < -0.4 is 5.32 Å². The van der Waals surface area contributed by atoms with E-state index in [2.05, 4.69) is 24.8 Å². The van der Waals surface area contributed by atoms with Crippen LogP contribution in [0.25, 0.3) is 11.0 Å². The first-order valence-electron chi connectivity index (χ1n) is 8.42. The predicted octanol–water partition coefficient (Wildman–Crippen LogP) is 2.63. The summed E-state index contributed by atoms with van der Waals surface area (Å²) in [7, 11) is 0. The average Bonchev–Trinajstić information content (AvgIpc) is 3.50. The second-order valence-electron chi connectivity index (χ2n) is 6.77. The summed E-state index contributed by atoms with van der Waals surface area (Å²) in [6, 6.07) is 2.44. The smallest absolute Gasteiger partial charge is 0.276 e. The third kappa shape index (κ3) is 2.46. The Morgan fingerprint density at radius 3 is 2.88 bits per heavy atom. The zero-order valence-corrected chi connectivity index (χ0v) is 13.2. The standard InChI is InChI=1S/C17H18N6O/c24-17(21-14-8-22(10-20-14)7-11-1-2-11)15-13-5-6-23(12-3-4-12)16(13)19-9-18-15/h5-6,8-12H,1-4,7H2,(H,21,24). The molecule has 0 saturated heterocycles. The molecule has 122 valence electrons. The normalized spacial score (nSPS) is 17.3. The lowest BCUT2D eigenvalue weighted by atomic mass is 10.2. The van der Waals surface area contributed by atoms with Crippen LogP contribution in [0, 0.1) is 5.92 Å². The van der Waals surface area contributed by atoms with Crippen molar-refractivity contribution >= 4 is 22.8 Å². The number of hydrogen-bond acceptors (Lipinski definition) is 4. The van der Waals surface area contributed by atoms with Crippen LogP contribution in [0.4, 0.5) is 5.82 Å². The van der Waals surface area contributed by atoms with Gasteiger partial charge in [0, 0.05) is 25.0 Å². The number of imidazole rings is 1. The molecule has 3 aromatic rings. The fraction of sp³-hybridized carbons (Fsp3) is 0.412. The number of carbonyl (C=O) groups excluding carboxylic acids is 1. The van der Waals surface area contributed by atoms with Crippen molar-refractivity contribution in [3.63, 3.8) is 0 Å². The summed E-state index contributed by atoms with van der Waals surface area (Å²) in [4.78, 5) is 25.4. The molecule has 2 aliphatic carbocycles. The first-order chi connectivity index (χ1) is 11.8. The van der Waals surface area contributed by atoms with Crippen molar-refractivity contribution in [1.82, 2.24) is 24.1 Å². The summed E-state index contributed by atoms with van der Waals surface area (Å²) in [6.07, 6.45) is 12.0. The van der Waals surface area contributed by atoms with E-state index in [9.17, 15) is 4.79 Å². The van der Waals surface area contributed by atoms with Gasteiger partial charge in [-0.05, 0) is 37.7 Å². The number of carbonyl (C=O) groups is 1. The van der Waals surface area contributed by atoms with Crippen LogP contribution in [-0.2, 0) is 6.54 Å². The molecule has 0 atom stereocenters. The highest BCUT2D eigenvalue weighted by atomic mass is 16.2. The van der Waals surface area contributed by atoms with Crippen molar-refractivity contribution in [1.29, 1.82) is 0 Å². The average molecular weight is 322 g/mol. The van der Waals surface area contributed by atoms with Crippen LogP contribution in [-0.4, -0.2) is 30.0 Å². The van der Waals surface area contributed by atoms with Gasteiger partial charge in [0.05, 0.1) is 11.7 Å². The van der Waals surface area contributed by atoms with Gasteiger partial charge in [-0.25, -0.2) is 15.0 Å². The van der Waals surface area contributed by atoms with E-state index in [4.69, 9.17) is 0 Å². The molecule has 24 heavy (non-hydrogen) atoms. The van der Waals surface area contributed by atoms with Crippen LogP contribution in [0.5, 0.6) is 0 Å². The first-order valence-corrected chi connectivity index (χ1v) is 8.42. The number of fused-ring (bicyclic) bond motifs is 1. The molecule has 0 spiro atoms. The van der Waals surface area contributed by atoms with Gasteiger partial charge in [-0.15, -0.1) is 0 Å². The number of nitrogens with zero attached hydrogens (tertiary/aromatic N) is 5. The van der Waals surface area contributed by atoms with E-state index >= 15 is 0 Å². The van der Waals surface area contributed by atoms with Crippen molar-refractivity contribution in [2.45, 2.75) is 38.3 Å². The van der Waals surface area contributed by atoms with Crippen LogP contribution in [0.2, 0.25) is 0 Å². The van der Waals surface area contributed by atoms with Crippen LogP contribution >= 0.6 is 0 Å². The quantitative estimate of drug-likeness (QED) is 0.783. The highest BCUT2D eigenvalue weighted by Gasteiger charge is 2.26. The van der Waals surface area contributed by atoms with E-state index in [0.717, 1.165) is 23.5 Å². The molecule has 2 aliphatic rings. The molecule has 0 aromatic carbocycles. The second-order valence-corrected chi connectivity index (χ2v) is 6.77. The van der Waals surface area contributed by atoms with Gasteiger partial charge in [-0.1, -0.05) is 0 Å². The lowest BCUT2D eigenvalue weighted by molar-refractivity contribution is 0.102. The number of hydrogen-bond donors (Lipinski definition) is 1. The van der Waals surface area contributed by atoms with Gasteiger partial charge >= 0.3 is 0 Å². The van der Waals surface area contributed by atoms with Crippen molar-refractivity contribution in [3.05, 3.63) is 36.8 Å². The molecule has 0 radical (unpaired) electrons. The Labute approximate surface area is 138 Å². The lowest BCUT2D eigenvalue weighted by Gasteiger charge is -2.04. The van der Waals surface area contributed by atoms with Gasteiger partial charge in [-0.2, -0.15) is 0 Å². The summed E-state index contributed by atoms with van der Waals surface area (Å²) in [5.41, 5.74) is 1.23. The summed E-state index contributed by atoms with van der Waals surface area (Å²) >= 11 is 0. The van der Waals surface area contributed by atoms with E-state index in [1.165, 1.54) is 32.0 Å². The molecule has 0 unspecified atom stereocenters. The van der Waals surface area contributed by atoms with Crippen molar-refractivity contribution in [2.24, 2.45) is 5.92 Å². The molecule has 1 N–H and O–H groups in total. The van der Waals surface area contributed by atoms with Crippen molar-refractivity contribution in [3.8, 4) is 0 Å². The molecule has 3 aromatic heterocycles. The topological polar surface area (TPSA) is 77.6 Å². The van der Waals surface area contributed by atoms with E-state index < -0.39 is 0 Å². The Morgan fingerprint density at radius 2 is 2.08 bits per heavy atom. The zero-order valence-electron chi connectivity index (χ0n) is 13.2. The third-order valence-electron chi connectivity index (χ3n) is 4.71. The van der Waals surface area contributed by atoms with Crippen molar-refractivity contribution in [2.75, 3.05) is 5.32 Å². The number of anilines is 1. The van der Waals surface area contributed by atoms with E-state index in [-0.39, 0.29) is 5.91 Å². The number of rotatable bonds is 5. The van der Waals surface area contributed by atoms with Gasteiger partial charge in [-0.3, -0.25) is 4.79 Å². The van der Waals surface area contributed by atoms with Crippen LogP contribution in [0.15, 0.2) is 31.1 Å². The molecular formula is C17H18N6O. The highest BCUT2D eigenvalue weighted by Crippen LogP contribution is 2.37. The Hall–Kier alpha value is -2.70. The maximum atomic E-state index is 12.6. The molecular weight excluding hydrogens is 304 g/mol. The molecule has 2 fully saturated rings. The van der Waals surface area contributed by atoms with Crippen LogP contribution in [0.3, 0.4) is 0 Å². The third-order valence-corrected chi connectivity index (χ3v) is 4.71. The van der Waals surface area contributed by atoms with E-state index in [0.29, 0.717) is 17.6 Å². The largest absolute Gasteiger partial charge is 0.335 e. The highest BCUT2D eigenvalue weighted by molar-refractivity contribution is 6.10. The molecule has 7 nitrogen and oxygen atoms in total. The number of aromatic nitrogens is 5. The molecule has 3 heterocycles. The van der Waals surface area contributed by atoms with Crippen LogP contribution in [0.1, 0.15) is 42.2 Å². The first kappa shape index (κ1) is 13.7. The summed E-state index contributed by atoms with van der Waals surface area (Å²) in [5, 5.41) is 3.64. The maximum Gasteiger partial charge on any atom is 0.276 e. The van der Waals surface area contributed by atoms with Gasteiger partial charge in [0.2, 0.25) is 0 Å². The summed E-state index contributed by atoms with van der Waals surface area (Å²) in [6.45, 7) is 0.977. The van der Waals surface area contributed by atoms with Gasteiger partial charge < -0.3 is 14.5 Å². The minimum absolute atomic E-state index is 0.243. The number of amides is 1. The SMILES string of the molecule is O=C(Nc1cn(CC2CC2)cn1)c1ncnc2c1ccn2C1CC1. The fourth-order valence-electron chi connectivity index (χ4n) is 3.10. The van der Waals surface area contributed by atoms with E-state index in [1.54, 1.807) is 6.33 Å². The predicted molar refractivity (Wildman–Crippen MR) is 88.7 cm³/mol. The molecule has 7 heteroatoms. The van der Waals surface area contributed by atoms with Crippen molar-refractivity contribution < 1.29 is 4.79 Å². The Balaban J connectivity index is 1.40. The monoisotopic (exact) mass is 322 g/mol. The minimum Gasteiger partial charge on any atom is -0.335 e. The van der Waals surface area contributed by atoms with Gasteiger partial charge in [0.1, 0.15) is 17.7 Å². The molecule has 5 rings (SSSR count). The number of nitrogens with one attached hydrogen (secondary N) is 1. The van der Waals surface area contributed by atoms with Gasteiger partial charge in [0.25, 0.3) is 5.91 Å². The Morgan fingerprint density at radius 1 is 1.21 bits per heavy atom. The maximum absolute atomic E-state index is 12.6. The molecule has 0 bridgehead atoms. The zero-order chi connectivity index (χ0) is 16.1. The van der Waals surface area contributed by atoms with Gasteiger partial charge in [0.15, 0.2) is 5.82 Å². The molecule has 1 amide bonds. The molecule has 0 aliphatic heterocycles. The lowest BCUT2D eigenvalue weighted by Crippen LogP contribution is -2.14. The minimum atomic E-state index is -0.243. The Bertz CT molecular complexity index is 918. The molecule has 2 saturated carbocycles. The summed E-state index contributed by atoms with van der Waals surface area (Å²) in [5.74, 6) is 1.09. The fourth-order valence-corrected chi connectivity index (χ4v) is 3.10.